The van der Waals surface area contributed by atoms with Crippen LogP contribution in [0.2, 0.25) is 0 Å². The monoisotopic (exact) mass is 376 g/mol. The third-order valence-corrected chi connectivity index (χ3v) is 5.49. The largest absolute Gasteiger partial charge is 0.451 e. The highest BCUT2D eigenvalue weighted by molar-refractivity contribution is 7.13. The van der Waals surface area contributed by atoms with E-state index in [2.05, 4.69) is 17.2 Å². The Balaban J connectivity index is 1.52. The van der Waals surface area contributed by atoms with Crippen molar-refractivity contribution in [3.63, 3.8) is 0 Å². The first-order valence-electron chi connectivity index (χ1n) is 8.71. The van der Waals surface area contributed by atoms with Crippen molar-refractivity contribution in [2.24, 2.45) is 5.92 Å². The minimum absolute atomic E-state index is 0.146. The second kappa shape index (κ2) is 8.40. The van der Waals surface area contributed by atoms with Crippen molar-refractivity contribution >= 4 is 23.2 Å². The maximum atomic E-state index is 13.0. The van der Waals surface area contributed by atoms with Crippen molar-refractivity contribution in [2.75, 3.05) is 6.61 Å². The predicted molar refractivity (Wildman–Crippen MR) is 97.4 cm³/mol. The summed E-state index contributed by atoms with van der Waals surface area (Å²) in [5.74, 6) is -0.809. The van der Waals surface area contributed by atoms with Gasteiger partial charge in [0.1, 0.15) is 10.8 Å². The molecule has 0 bridgehead atoms. The Kier molecular flexibility index (Phi) is 5.98. The number of nitrogens with zero attached hydrogens (tertiary/aromatic N) is 1. The molecule has 7 heteroatoms. The maximum absolute atomic E-state index is 13.0. The number of nitrogens with one attached hydrogen (secondary N) is 1. The summed E-state index contributed by atoms with van der Waals surface area (Å²) in [4.78, 5) is 28.3. The van der Waals surface area contributed by atoms with Crippen molar-refractivity contribution in [1.82, 2.24) is 10.3 Å². The van der Waals surface area contributed by atoms with Crippen LogP contribution < -0.4 is 5.32 Å². The molecule has 138 valence electrons. The first-order chi connectivity index (χ1) is 12.5. The van der Waals surface area contributed by atoms with Crippen LogP contribution in [-0.4, -0.2) is 29.5 Å². The second-order valence-electron chi connectivity index (χ2n) is 6.56. The maximum Gasteiger partial charge on any atom is 0.358 e. The van der Waals surface area contributed by atoms with E-state index in [1.807, 2.05) is 0 Å². The van der Waals surface area contributed by atoms with Crippen molar-refractivity contribution in [2.45, 2.75) is 38.6 Å². The van der Waals surface area contributed by atoms with E-state index in [0.29, 0.717) is 10.9 Å². The number of benzene rings is 1. The van der Waals surface area contributed by atoms with Gasteiger partial charge in [-0.2, -0.15) is 0 Å². The molecule has 1 N–H and O–H groups in total. The van der Waals surface area contributed by atoms with Crippen LogP contribution in [0.15, 0.2) is 29.6 Å². The van der Waals surface area contributed by atoms with Gasteiger partial charge in [-0.05, 0) is 43.0 Å². The lowest BCUT2D eigenvalue weighted by molar-refractivity contribution is -0.125. The topological polar surface area (TPSA) is 68.3 Å². The van der Waals surface area contributed by atoms with Crippen molar-refractivity contribution in [3.8, 4) is 10.6 Å². The number of carbonyl (C=O) groups excluding carboxylic acids is 2. The number of hydrogen-bond donors (Lipinski definition) is 1. The van der Waals surface area contributed by atoms with E-state index in [0.717, 1.165) is 24.8 Å². The van der Waals surface area contributed by atoms with E-state index >= 15 is 0 Å². The van der Waals surface area contributed by atoms with Crippen LogP contribution in [0.3, 0.4) is 0 Å². The van der Waals surface area contributed by atoms with Gasteiger partial charge in [0.2, 0.25) is 0 Å². The number of ether oxygens (including phenoxy) is 1. The van der Waals surface area contributed by atoms with E-state index < -0.39 is 5.97 Å². The number of thiazole rings is 1. The zero-order chi connectivity index (χ0) is 18.5. The lowest BCUT2D eigenvalue weighted by Gasteiger charge is -2.29. The Labute approximate surface area is 155 Å². The molecule has 0 radical (unpaired) electrons. The molecule has 2 atom stereocenters. The molecule has 1 amide bonds. The predicted octanol–water partition coefficient (Wildman–Crippen LogP) is 3.80. The average Bonchev–Trinajstić information content (AvgIpc) is 3.12. The van der Waals surface area contributed by atoms with Gasteiger partial charge >= 0.3 is 5.97 Å². The highest BCUT2D eigenvalue weighted by Crippen LogP contribution is 2.25. The lowest BCUT2D eigenvalue weighted by Crippen LogP contribution is -2.42. The standard InChI is InChI=1S/C19H21FN2O3S/c1-12-4-2-3-5-15(12)21-17(23)10-25-19(24)16-11-26-18(22-16)13-6-8-14(20)9-7-13/h6-9,11-12,15H,2-5,10H2,1H3,(H,21,23)/t12-,15-/m1/s1. The van der Waals surface area contributed by atoms with Crippen LogP contribution in [0.5, 0.6) is 0 Å². The number of hydrogen-bond acceptors (Lipinski definition) is 5. The molecular formula is C19H21FN2O3S. The van der Waals surface area contributed by atoms with Crippen molar-refractivity contribution in [1.29, 1.82) is 0 Å². The molecule has 1 aliphatic rings. The number of amides is 1. The Bertz CT molecular complexity index is 775. The summed E-state index contributed by atoms with van der Waals surface area (Å²) < 4.78 is 18.0. The molecule has 26 heavy (non-hydrogen) atoms. The third kappa shape index (κ3) is 4.66. The van der Waals surface area contributed by atoms with Gasteiger partial charge in [-0.25, -0.2) is 14.2 Å². The Hall–Kier alpha value is -2.28. The van der Waals surface area contributed by atoms with Gasteiger partial charge < -0.3 is 10.1 Å². The fourth-order valence-corrected chi connectivity index (χ4v) is 3.87. The zero-order valence-electron chi connectivity index (χ0n) is 14.5. The molecule has 1 aromatic carbocycles. The van der Waals surface area contributed by atoms with E-state index in [4.69, 9.17) is 4.74 Å². The summed E-state index contributed by atoms with van der Waals surface area (Å²) in [5.41, 5.74) is 0.868. The Morgan fingerprint density at radius 2 is 2.00 bits per heavy atom. The number of carbonyl (C=O) groups is 2. The number of rotatable bonds is 5. The van der Waals surface area contributed by atoms with E-state index in [1.54, 1.807) is 17.5 Å². The van der Waals surface area contributed by atoms with Gasteiger partial charge in [0.15, 0.2) is 12.3 Å². The van der Waals surface area contributed by atoms with Crippen LogP contribution in [0.1, 0.15) is 43.1 Å². The van der Waals surface area contributed by atoms with Crippen LogP contribution in [0.25, 0.3) is 10.6 Å². The van der Waals surface area contributed by atoms with Crippen LogP contribution >= 0.6 is 11.3 Å². The van der Waals surface area contributed by atoms with Gasteiger partial charge in [0, 0.05) is 17.0 Å². The van der Waals surface area contributed by atoms with Gasteiger partial charge in [0.25, 0.3) is 5.91 Å². The molecule has 1 heterocycles. The van der Waals surface area contributed by atoms with E-state index in [1.165, 1.54) is 29.9 Å². The Morgan fingerprint density at radius 3 is 2.73 bits per heavy atom. The molecule has 3 rings (SSSR count). The summed E-state index contributed by atoms with van der Waals surface area (Å²) in [6.45, 7) is 1.81. The summed E-state index contributed by atoms with van der Waals surface area (Å²) >= 11 is 1.26. The molecule has 1 saturated carbocycles. The Morgan fingerprint density at radius 1 is 1.27 bits per heavy atom. The fraction of sp³-hybridized carbons (Fsp3) is 0.421. The molecule has 0 saturated heterocycles. The lowest BCUT2D eigenvalue weighted by atomic mass is 9.86. The number of halogens is 1. The summed E-state index contributed by atoms with van der Waals surface area (Å²) in [6, 6.07) is 6.03. The van der Waals surface area contributed by atoms with Crippen molar-refractivity contribution < 1.29 is 18.7 Å². The fourth-order valence-electron chi connectivity index (χ4n) is 3.08. The molecule has 0 unspecified atom stereocenters. The normalized spacial score (nSPS) is 19.8. The first-order valence-corrected chi connectivity index (χ1v) is 9.59. The SMILES string of the molecule is C[C@@H]1CCCC[C@H]1NC(=O)COC(=O)c1csc(-c2ccc(F)cc2)n1. The van der Waals surface area contributed by atoms with Gasteiger partial charge in [-0.1, -0.05) is 19.8 Å². The van der Waals surface area contributed by atoms with Gasteiger partial charge in [0.05, 0.1) is 0 Å². The third-order valence-electron chi connectivity index (χ3n) is 4.60. The molecule has 1 fully saturated rings. The molecule has 1 aliphatic carbocycles. The minimum atomic E-state index is -0.638. The first kappa shape index (κ1) is 18.5. The average molecular weight is 376 g/mol. The summed E-state index contributed by atoms with van der Waals surface area (Å²) in [7, 11) is 0. The molecule has 1 aromatic heterocycles. The van der Waals surface area contributed by atoms with Crippen LogP contribution in [0, 0.1) is 11.7 Å². The van der Waals surface area contributed by atoms with Gasteiger partial charge in [-0.3, -0.25) is 4.79 Å². The second-order valence-corrected chi connectivity index (χ2v) is 7.41. The van der Waals surface area contributed by atoms with Crippen LogP contribution in [-0.2, 0) is 9.53 Å². The smallest absolute Gasteiger partial charge is 0.358 e. The van der Waals surface area contributed by atoms with Crippen molar-refractivity contribution in [3.05, 3.63) is 41.2 Å². The molecular weight excluding hydrogens is 355 g/mol. The highest BCUT2D eigenvalue weighted by atomic mass is 32.1. The molecule has 5 nitrogen and oxygen atoms in total. The number of aromatic nitrogens is 1. The zero-order valence-corrected chi connectivity index (χ0v) is 15.4. The van der Waals surface area contributed by atoms with Gasteiger partial charge in [-0.15, -0.1) is 11.3 Å². The van der Waals surface area contributed by atoms with Crippen LogP contribution in [0.4, 0.5) is 4.39 Å². The quantitative estimate of drug-likeness (QED) is 0.806. The highest BCUT2D eigenvalue weighted by Gasteiger charge is 2.23. The summed E-state index contributed by atoms with van der Waals surface area (Å²) in [5, 5.41) is 5.11. The number of esters is 1. The molecule has 2 aromatic rings. The molecule has 0 spiro atoms. The van der Waals surface area contributed by atoms with E-state index in [-0.39, 0.29) is 30.1 Å². The molecule has 0 aliphatic heterocycles. The minimum Gasteiger partial charge on any atom is -0.451 e. The summed E-state index contributed by atoms with van der Waals surface area (Å²) in [6.07, 6.45) is 4.38. The van der Waals surface area contributed by atoms with E-state index in [9.17, 15) is 14.0 Å².